The maximum atomic E-state index is 12.5. The van der Waals surface area contributed by atoms with Crippen molar-refractivity contribution in [2.75, 3.05) is 23.8 Å². The van der Waals surface area contributed by atoms with E-state index in [9.17, 15) is 4.79 Å². The Balaban J connectivity index is 2.06. The number of halogens is 1. The minimum Gasteiger partial charge on any atom is -0.372 e. The third-order valence-corrected chi connectivity index (χ3v) is 4.54. The summed E-state index contributed by atoms with van der Waals surface area (Å²) in [6.07, 6.45) is 4.25. The Morgan fingerprint density at radius 3 is 2.78 bits per heavy atom. The Morgan fingerprint density at radius 1 is 1.33 bits per heavy atom. The molecule has 1 aliphatic carbocycles. The number of amides is 1. The largest absolute Gasteiger partial charge is 0.372 e. The van der Waals surface area contributed by atoms with E-state index in [2.05, 4.69) is 10.2 Å². The Labute approximate surface area is 112 Å². The molecule has 0 unspecified atom stereocenters. The third-order valence-electron chi connectivity index (χ3n) is 4.22. The Bertz CT molecular complexity index is 495. The number of para-hydroxylation sites is 1. The first-order valence-electron chi connectivity index (χ1n) is 6.43. The van der Waals surface area contributed by atoms with E-state index in [1.165, 1.54) is 0 Å². The summed E-state index contributed by atoms with van der Waals surface area (Å²) >= 11 is 6.20. The van der Waals surface area contributed by atoms with Crippen LogP contribution < -0.4 is 10.2 Å². The first kappa shape index (κ1) is 11.8. The molecule has 2 aliphatic rings. The number of rotatable bonds is 0. The van der Waals surface area contributed by atoms with Gasteiger partial charge >= 0.3 is 0 Å². The normalized spacial score (nSPS) is 21.7. The number of fused-ring (bicyclic) bond motifs is 1. The summed E-state index contributed by atoms with van der Waals surface area (Å²) in [5.74, 6) is 0.138. The van der Waals surface area contributed by atoms with Crippen molar-refractivity contribution in [3.63, 3.8) is 0 Å². The van der Waals surface area contributed by atoms with E-state index in [1.807, 2.05) is 25.2 Å². The number of hydrogen-bond acceptors (Lipinski definition) is 2. The zero-order chi connectivity index (χ0) is 12.8. The summed E-state index contributed by atoms with van der Waals surface area (Å²) < 4.78 is 0. The smallest absolute Gasteiger partial charge is 0.232 e. The van der Waals surface area contributed by atoms with Gasteiger partial charge in [0.05, 0.1) is 21.8 Å². The molecule has 0 saturated heterocycles. The zero-order valence-corrected chi connectivity index (χ0v) is 11.3. The molecule has 1 spiro atoms. The van der Waals surface area contributed by atoms with Crippen LogP contribution in [-0.4, -0.2) is 19.5 Å². The highest BCUT2D eigenvalue weighted by molar-refractivity contribution is 6.34. The minimum absolute atomic E-state index is 0.138. The maximum Gasteiger partial charge on any atom is 0.232 e. The Kier molecular flexibility index (Phi) is 2.74. The summed E-state index contributed by atoms with van der Waals surface area (Å²) in [6, 6.07) is 5.76. The van der Waals surface area contributed by atoms with E-state index >= 15 is 0 Å². The van der Waals surface area contributed by atoms with Gasteiger partial charge < -0.3 is 10.2 Å². The number of carbonyl (C=O) groups excluding carboxylic acids is 1. The number of anilines is 2. The highest BCUT2D eigenvalue weighted by atomic mass is 35.5. The van der Waals surface area contributed by atoms with Crippen LogP contribution in [0.15, 0.2) is 18.2 Å². The minimum atomic E-state index is -0.225. The van der Waals surface area contributed by atoms with Crippen LogP contribution in [0, 0.1) is 5.41 Å². The fourth-order valence-corrected chi connectivity index (χ4v) is 3.47. The topological polar surface area (TPSA) is 32.3 Å². The van der Waals surface area contributed by atoms with Gasteiger partial charge in [0, 0.05) is 13.6 Å². The van der Waals surface area contributed by atoms with Gasteiger partial charge in [-0.3, -0.25) is 4.79 Å². The SMILES string of the molecule is CN1CC2(CCCC2)C(=O)Nc2c(Cl)cccc21. The molecule has 3 rings (SSSR count). The molecule has 18 heavy (non-hydrogen) atoms. The molecule has 4 heteroatoms. The van der Waals surface area contributed by atoms with Gasteiger partial charge in [-0.25, -0.2) is 0 Å². The molecule has 0 bridgehead atoms. The van der Waals surface area contributed by atoms with Crippen LogP contribution in [0.1, 0.15) is 25.7 Å². The molecular weight excluding hydrogens is 248 g/mol. The quantitative estimate of drug-likeness (QED) is 0.780. The lowest BCUT2D eigenvalue weighted by Gasteiger charge is -2.29. The third kappa shape index (κ3) is 1.69. The highest BCUT2D eigenvalue weighted by Crippen LogP contribution is 2.45. The molecule has 1 fully saturated rings. The molecule has 1 N–H and O–H groups in total. The molecule has 1 aromatic rings. The molecule has 96 valence electrons. The van der Waals surface area contributed by atoms with Gasteiger partial charge in [-0.15, -0.1) is 0 Å². The Morgan fingerprint density at radius 2 is 2.06 bits per heavy atom. The molecule has 0 radical (unpaired) electrons. The van der Waals surface area contributed by atoms with E-state index in [-0.39, 0.29) is 11.3 Å². The zero-order valence-electron chi connectivity index (χ0n) is 10.5. The predicted octanol–water partition coefficient (Wildman–Crippen LogP) is 3.29. The van der Waals surface area contributed by atoms with Gasteiger partial charge in [0.25, 0.3) is 0 Å². The average Bonchev–Trinajstić information content (AvgIpc) is 2.77. The van der Waals surface area contributed by atoms with Crippen molar-refractivity contribution in [1.29, 1.82) is 0 Å². The molecule has 1 heterocycles. The molecule has 1 aliphatic heterocycles. The summed E-state index contributed by atoms with van der Waals surface area (Å²) in [5, 5.41) is 3.65. The van der Waals surface area contributed by atoms with Crippen molar-refractivity contribution in [2.24, 2.45) is 5.41 Å². The lowest BCUT2D eigenvalue weighted by Crippen LogP contribution is -2.40. The second-order valence-corrected chi connectivity index (χ2v) is 5.84. The van der Waals surface area contributed by atoms with Crippen molar-refractivity contribution in [1.82, 2.24) is 0 Å². The van der Waals surface area contributed by atoms with Crippen LogP contribution in [0.5, 0.6) is 0 Å². The lowest BCUT2D eigenvalue weighted by atomic mass is 9.85. The van der Waals surface area contributed by atoms with Crippen molar-refractivity contribution in [3.05, 3.63) is 23.2 Å². The van der Waals surface area contributed by atoms with Crippen molar-refractivity contribution >= 4 is 28.9 Å². The van der Waals surface area contributed by atoms with Crippen LogP contribution >= 0.6 is 11.6 Å². The first-order chi connectivity index (χ1) is 8.62. The number of benzene rings is 1. The molecule has 0 aromatic heterocycles. The monoisotopic (exact) mass is 264 g/mol. The second-order valence-electron chi connectivity index (χ2n) is 5.43. The van der Waals surface area contributed by atoms with E-state index in [1.54, 1.807) is 0 Å². The first-order valence-corrected chi connectivity index (χ1v) is 6.81. The number of hydrogen-bond donors (Lipinski definition) is 1. The van der Waals surface area contributed by atoms with Crippen LogP contribution in [0.25, 0.3) is 0 Å². The van der Waals surface area contributed by atoms with Gasteiger partial charge in [-0.05, 0) is 25.0 Å². The molecule has 1 amide bonds. The molecular formula is C14H17ClN2O. The number of nitrogens with zero attached hydrogens (tertiary/aromatic N) is 1. The van der Waals surface area contributed by atoms with Crippen LogP contribution in [-0.2, 0) is 4.79 Å². The van der Waals surface area contributed by atoms with E-state index in [0.29, 0.717) is 5.02 Å². The lowest BCUT2D eigenvalue weighted by molar-refractivity contribution is -0.124. The van der Waals surface area contributed by atoms with Crippen LogP contribution in [0.3, 0.4) is 0 Å². The van der Waals surface area contributed by atoms with E-state index < -0.39 is 0 Å². The van der Waals surface area contributed by atoms with Gasteiger partial charge in [0.1, 0.15) is 0 Å². The molecule has 1 aromatic carbocycles. The van der Waals surface area contributed by atoms with Gasteiger partial charge in [-0.1, -0.05) is 30.5 Å². The number of nitrogens with one attached hydrogen (secondary N) is 1. The maximum absolute atomic E-state index is 12.5. The predicted molar refractivity (Wildman–Crippen MR) is 74.3 cm³/mol. The van der Waals surface area contributed by atoms with Crippen molar-refractivity contribution < 1.29 is 4.79 Å². The van der Waals surface area contributed by atoms with Crippen LogP contribution in [0.4, 0.5) is 11.4 Å². The molecule has 1 saturated carbocycles. The van der Waals surface area contributed by atoms with Gasteiger partial charge in [0.2, 0.25) is 5.91 Å². The second kappa shape index (κ2) is 4.16. The fourth-order valence-electron chi connectivity index (χ4n) is 3.25. The molecule has 3 nitrogen and oxygen atoms in total. The average molecular weight is 265 g/mol. The summed E-state index contributed by atoms with van der Waals surface area (Å²) in [4.78, 5) is 14.7. The number of carbonyl (C=O) groups is 1. The highest BCUT2D eigenvalue weighted by Gasteiger charge is 2.44. The van der Waals surface area contributed by atoms with Crippen molar-refractivity contribution in [3.8, 4) is 0 Å². The van der Waals surface area contributed by atoms with Crippen LogP contribution in [0.2, 0.25) is 5.02 Å². The Hall–Kier alpha value is -1.22. The summed E-state index contributed by atoms with van der Waals surface area (Å²) in [6.45, 7) is 0.784. The fraction of sp³-hybridized carbons (Fsp3) is 0.500. The standard InChI is InChI=1S/C14H17ClN2O/c1-17-9-14(7-2-3-8-14)13(18)16-12-10(15)5-4-6-11(12)17/h4-6H,2-3,7-9H2,1H3,(H,16,18). The van der Waals surface area contributed by atoms with Crippen molar-refractivity contribution in [2.45, 2.75) is 25.7 Å². The van der Waals surface area contributed by atoms with Gasteiger partial charge in [-0.2, -0.15) is 0 Å². The van der Waals surface area contributed by atoms with Gasteiger partial charge in [0.15, 0.2) is 0 Å². The van der Waals surface area contributed by atoms with E-state index in [0.717, 1.165) is 43.6 Å². The summed E-state index contributed by atoms with van der Waals surface area (Å²) in [5.41, 5.74) is 1.55. The summed E-state index contributed by atoms with van der Waals surface area (Å²) in [7, 11) is 2.04. The van der Waals surface area contributed by atoms with E-state index in [4.69, 9.17) is 11.6 Å². The molecule has 0 atom stereocenters.